The van der Waals surface area contributed by atoms with Crippen LogP contribution in [0.15, 0.2) is 10.4 Å². The highest BCUT2D eigenvalue weighted by molar-refractivity contribution is 5.79. The molecule has 0 unspecified atom stereocenters. The summed E-state index contributed by atoms with van der Waals surface area (Å²) in [7, 11) is 0. The number of hydrogen-bond donors (Lipinski definition) is 1. The maximum Gasteiger partial charge on any atom is 0.142 e. The molecule has 0 heterocycles. The predicted molar refractivity (Wildman–Crippen MR) is 56.0 cm³/mol. The Hall–Kier alpha value is -1.78. The van der Waals surface area contributed by atoms with Gasteiger partial charge in [0.15, 0.2) is 0 Å². The first-order valence-corrected chi connectivity index (χ1v) is 4.10. The highest BCUT2D eigenvalue weighted by atomic mass is 16.3. The number of nitrogens with zero attached hydrogens (tertiary/aromatic N) is 2. The molecular formula is C9H11N3O2. The molecule has 2 N–H and O–H groups in total. The fraction of sp³-hybridized carbons (Fsp3) is 0.333. The van der Waals surface area contributed by atoms with Gasteiger partial charge in [0.25, 0.3) is 0 Å². The summed E-state index contributed by atoms with van der Waals surface area (Å²) in [4.78, 5) is 21.1. The van der Waals surface area contributed by atoms with Gasteiger partial charge in [-0.15, -0.1) is 9.81 Å². The van der Waals surface area contributed by atoms with E-state index in [2.05, 4.69) is 10.4 Å². The molecule has 0 aromatic heterocycles. The number of nitrogen functional groups attached to an aromatic ring is 1. The molecule has 0 fully saturated rings. The van der Waals surface area contributed by atoms with Crippen molar-refractivity contribution in [2.45, 2.75) is 20.8 Å². The van der Waals surface area contributed by atoms with Crippen molar-refractivity contribution in [3.63, 3.8) is 0 Å². The summed E-state index contributed by atoms with van der Waals surface area (Å²) in [6.07, 6.45) is 0. The maximum atomic E-state index is 10.5. The lowest BCUT2D eigenvalue weighted by molar-refractivity contribution is 1.25. The topological polar surface area (TPSA) is 84.9 Å². The predicted octanol–water partition coefficient (Wildman–Crippen LogP) is 2.99. The minimum Gasteiger partial charge on any atom is -0.398 e. The smallest absolute Gasteiger partial charge is 0.142 e. The molecular weight excluding hydrogens is 182 g/mol. The average molecular weight is 193 g/mol. The van der Waals surface area contributed by atoms with Crippen molar-refractivity contribution < 1.29 is 0 Å². The fourth-order valence-corrected chi connectivity index (χ4v) is 1.37. The Kier molecular flexibility index (Phi) is 2.60. The van der Waals surface area contributed by atoms with Crippen molar-refractivity contribution in [2.75, 3.05) is 5.73 Å². The Labute approximate surface area is 81.3 Å². The maximum absolute atomic E-state index is 10.5. The van der Waals surface area contributed by atoms with Crippen molar-refractivity contribution in [3.05, 3.63) is 26.5 Å². The van der Waals surface area contributed by atoms with Gasteiger partial charge in [0.1, 0.15) is 11.4 Å². The zero-order valence-corrected chi connectivity index (χ0v) is 8.29. The van der Waals surface area contributed by atoms with Crippen LogP contribution in [0.5, 0.6) is 0 Å². The molecule has 1 aromatic carbocycles. The summed E-state index contributed by atoms with van der Waals surface area (Å²) in [5.74, 6) is 0. The van der Waals surface area contributed by atoms with E-state index in [1.807, 2.05) is 0 Å². The summed E-state index contributed by atoms with van der Waals surface area (Å²) in [6.45, 7) is 5.12. The molecule has 1 rings (SSSR count). The van der Waals surface area contributed by atoms with E-state index in [-0.39, 0.29) is 11.4 Å². The molecule has 0 aliphatic rings. The van der Waals surface area contributed by atoms with Crippen LogP contribution >= 0.6 is 0 Å². The first-order valence-electron chi connectivity index (χ1n) is 4.10. The van der Waals surface area contributed by atoms with Crippen molar-refractivity contribution in [1.29, 1.82) is 0 Å². The monoisotopic (exact) mass is 193 g/mol. The molecule has 14 heavy (non-hydrogen) atoms. The summed E-state index contributed by atoms with van der Waals surface area (Å²) >= 11 is 0. The van der Waals surface area contributed by atoms with Gasteiger partial charge < -0.3 is 5.73 Å². The van der Waals surface area contributed by atoms with Gasteiger partial charge in [-0.2, -0.15) is 0 Å². The van der Waals surface area contributed by atoms with Crippen molar-refractivity contribution >= 4 is 17.1 Å². The van der Waals surface area contributed by atoms with Gasteiger partial charge in [-0.25, -0.2) is 0 Å². The van der Waals surface area contributed by atoms with Crippen LogP contribution in [0.3, 0.4) is 0 Å². The Morgan fingerprint density at radius 2 is 1.29 bits per heavy atom. The highest BCUT2D eigenvalue weighted by Gasteiger charge is 2.16. The normalized spacial score (nSPS) is 9.93. The largest absolute Gasteiger partial charge is 0.398 e. The van der Waals surface area contributed by atoms with E-state index in [9.17, 15) is 9.81 Å². The van der Waals surface area contributed by atoms with Crippen LogP contribution in [0.2, 0.25) is 0 Å². The average Bonchev–Trinajstić information content (AvgIpc) is 2.20. The van der Waals surface area contributed by atoms with Crippen LogP contribution in [0.1, 0.15) is 16.7 Å². The molecule has 74 valence electrons. The molecule has 0 saturated carbocycles. The second kappa shape index (κ2) is 3.53. The molecule has 5 heteroatoms. The minimum absolute atomic E-state index is 0.0422. The SMILES string of the molecule is Cc1c(C)c(N=O)c(N=O)c(C)c1N. The number of benzene rings is 1. The highest BCUT2D eigenvalue weighted by Crippen LogP contribution is 2.40. The second-order valence-corrected chi connectivity index (χ2v) is 3.17. The van der Waals surface area contributed by atoms with Crippen LogP contribution in [-0.4, -0.2) is 0 Å². The molecule has 5 nitrogen and oxygen atoms in total. The summed E-state index contributed by atoms with van der Waals surface area (Å²) in [5.41, 5.74) is 8.25. The molecule has 0 aliphatic heterocycles. The zero-order chi connectivity index (χ0) is 10.9. The van der Waals surface area contributed by atoms with Gasteiger partial charge in [-0.3, -0.25) is 0 Å². The van der Waals surface area contributed by atoms with Gasteiger partial charge in [0.05, 0.1) is 0 Å². The third kappa shape index (κ3) is 1.26. The van der Waals surface area contributed by atoms with E-state index in [4.69, 9.17) is 5.73 Å². The Balaban J connectivity index is 3.73. The molecule has 0 bridgehead atoms. The zero-order valence-electron chi connectivity index (χ0n) is 8.29. The number of rotatable bonds is 2. The summed E-state index contributed by atoms with van der Waals surface area (Å²) < 4.78 is 0. The third-order valence-corrected chi connectivity index (χ3v) is 2.49. The van der Waals surface area contributed by atoms with Crippen LogP contribution in [0.4, 0.5) is 17.1 Å². The van der Waals surface area contributed by atoms with Crippen molar-refractivity contribution in [3.8, 4) is 0 Å². The Morgan fingerprint density at radius 3 is 1.71 bits per heavy atom. The van der Waals surface area contributed by atoms with E-state index < -0.39 is 0 Å². The molecule has 1 aromatic rings. The van der Waals surface area contributed by atoms with Gasteiger partial charge >= 0.3 is 0 Å². The van der Waals surface area contributed by atoms with Crippen LogP contribution < -0.4 is 5.73 Å². The van der Waals surface area contributed by atoms with Crippen LogP contribution in [0.25, 0.3) is 0 Å². The lowest BCUT2D eigenvalue weighted by Gasteiger charge is -2.11. The fourth-order valence-electron chi connectivity index (χ4n) is 1.37. The van der Waals surface area contributed by atoms with Gasteiger partial charge in [-0.1, -0.05) is 0 Å². The van der Waals surface area contributed by atoms with Gasteiger partial charge in [0, 0.05) is 11.3 Å². The Bertz CT molecular complexity index is 374. The standard InChI is InChI=1S/C9H11N3O2/c1-4-5(2)8(11-13)9(12-14)6(3)7(4)10/h10H2,1-3H3. The molecule has 0 amide bonds. The van der Waals surface area contributed by atoms with E-state index in [1.165, 1.54) is 0 Å². The Morgan fingerprint density at radius 1 is 0.857 bits per heavy atom. The lowest BCUT2D eigenvalue weighted by Crippen LogP contribution is -1.97. The number of anilines is 1. The first-order chi connectivity index (χ1) is 6.54. The van der Waals surface area contributed by atoms with Gasteiger partial charge in [-0.05, 0) is 42.3 Å². The molecule has 0 aliphatic carbocycles. The molecule has 0 atom stereocenters. The van der Waals surface area contributed by atoms with Gasteiger partial charge in [0.2, 0.25) is 0 Å². The van der Waals surface area contributed by atoms with Crippen molar-refractivity contribution in [2.24, 2.45) is 10.4 Å². The first kappa shape index (κ1) is 10.3. The molecule has 0 spiro atoms. The van der Waals surface area contributed by atoms with E-state index in [1.54, 1.807) is 20.8 Å². The molecule has 0 saturated heterocycles. The van der Waals surface area contributed by atoms with E-state index in [0.717, 1.165) is 5.56 Å². The summed E-state index contributed by atoms with van der Waals surface area (Å²) in [6, 6.07) is 0. The van der Waals surface area contributed by atoms with Crippen LogP contribution in [-0.2, 0) is 0 Å². The van der Waals surface area contributed by atoms with E-state index in [0.29, 0.717) is 16.8 Å². The number of nitroso groups, excluding NO2 is 2. The summed E-state index contributed by atoms with van der Waals surface area (Å²) in [5, 5.41) is 5.58. The van der Waals surface area contributed by atoms with Crippen molar-refractivity contribution in [1.82, 2.24) is 0 Å². The number of hydrogen-bond acceptors (Lipinski definition) is 5. The third-order valence-electron chi connectivity index (χ3n) is 2.49. The quantitative estimate of drug-likeness (QED) is 0.578. The van der Waals surface area contributed by atoms with Crippen LogP contribution in [0, 0.1) is 30.6 Å². The minimum atomic E-state index is 0.0422. The second-order valence-electron chi connectivity index (χ2n) is 3.17. The lowest BCUT2D eigenvalue weighted by atomic mass is 10.00. The molecule has 0 radical (unpaired) electrons. The number of nitrogens with two attached hydrogens (primary N) is 1. The van der Waals surface area contributed by atoms with E-state index >= 15 is 0 Å².